The zero-order valence-electron chi connectivity index (χ0n) is 16.1. The Morgan fingerprint density at radius 3 is 2.44 bits per heavy atom. The van der Waals surface area contributed by atoms with Crippen LogP contribution >= 0.6 is 0 Å². The Labute approximate surface area is 157 Å². The molecule has 0 unspecified atom stereocenters. The highest BCUT2D eigenvalue weighted by Gasteiger charge is 2.23. The highest BCUT2D eigenvalue weighted by Crippen LogP contribution is 2.32. The fraction of sp³-hybridized carbons (Fsp3) is 0.273. The van der Waals surface area contributed by atoms with Gasteiger partial charge in [0.05, 0.1) is 7.11 Å². The molecule has 0 spiro atoms. The molecule has 0 radical (unpaired) electrons. The van der Waals surface area contributed by atoms with Gasteiger partial charge in [0.25, 0.3) is 0 Å². The van der Waals surface area contributed by atoms with Crippen molar-refractivity contribution < 1.29 is 18.7 Å². The zero-order valence-corrected chi connectivity index (χ0v) is 16.1. The lowest BCUT2D eigenvalue weighted by Gasteiger charge is -2.22. The zero-order chi connectivity index (χ0) is 19.8. The standard InChI is InChI=1S/C22H22O5/c1-13-6-8-19(17(10-13)22(2,3)4)27-21(24)16-12-14-11-15(25-5)7-9-18(14)26-20(16)23/h6-12H,1-5H3. The normalized spacial score (nSPS) is 11.4. The van der Waals surface area contributed by atoms with Crippen molar-refractivity contribution in [1.82, 2.24) is 0 Å². The third kappa shape index (κ3) is 3.87. The molecule has 3 rings (SSSR count). The molecule has 0 saturated heterocycles. The van der Waals surface area contributed by atoms with Gasteiger partial charge in [0.15, 0.2) is 0 Å². The summed E-state index contributed by atoms with van der Waals surface area (Å²) in [6.07, 6.45) is 0. The second kappa shape index (κ2) is 6.91. The van der Waals surface area contributed by atoms with Crippen LogP contribution in [0.3, 0.4) is 0 Å². The molecule has 0 aliphatic rings. The summed E-state index contributed by atoms with van der Waals surface area (Å²) in [5, 5.41) is 0.584. The number of hydrogen-bond donors (Lipinski definition) is 0. The number of methoxy groups -OCH3 is 1. The Hall–Kier alpha value is -3.08. The maximum atomic E-state index is 12.7. The van der Waals surface area contributed by atoms with Gasteiger partial charge in [-0.25, -0.2) is 9.59 Å². The van der Waals surface area contributed by atoms with E-state index in [1.165, 1.54) is 6.07 Å². The van der Waals surface area contributed by atoms with Gasteiger partial charge < -0.3 is 13.9 Å². The van der Waals surface area contributed by atoms with E-state index < -0.39 is 11.6 Å². The van der Waals surface area contributed by atoms with Crippen LogP contribution in [0.1, 0.15) is 42.3 Å². The van der Waals surface area contributed by atoms with Crippen LogP contribution in [0.25, 0.3) is 11.0 Å². The summed E-state index contributed by atoms with van der Waals surface area (Å²) in [6, 6.07) is 12.1. The van der Waals surface area contributed by atoms with Crippen molar-refractivity contribution in [2.75, 3.05) is 7.11 Å². The summed E-state index contributed by atoms with van der Waals surface area (Å²) in [5.74, 6) is 0.287. The summed E-state index contributed by atoms with van der Waals surface area (Å²) in [6.45, 7) is 8.09. The molecule has 1 aromatic heterocycles. The molecule has 1 heterocycles. The molecule has 3 aromatic rings. The third-order valence-electron chi connectivity index (χ3n) is 4.31. The topological polar surface area (TPSA) is 65.7 Å². The summed E-state index contributed by atoms with van der Waals surface area (Å²) in [5.41, 5.74) is 1.23. The minimum atomic E-state index is -0.747. The molecule has 27 heavy (non-hydrogen) atoms. The number of rotatable bonds is 3. The van der Waals surface area contributed by atoms with Crippen LogP contribution in [0, 0.1) is 6.92 Å². The lowest BCUT2D eigenvalue weighted by Crippen LogP contribution is -2.21. The molecular formula is C22H22O5. The van der Waals surface area contributed by atoms with Crippen LogP contribution in [0.5, 0.6) is 11.5 Å². The van der Waals surface area contributed by atoms with Gasteiger partial charge in [0.2, 0.25) is 0 Å². The predicted molar refractivity (Wildman–Crippen MR) is 104 cm³/mol. The number of benzene rings is 2. The molecule has 5 heteroatoms. The molecule has 0 fully saturated rings. The van der Waals surface area contributed by atoms with Crippen molar-refractivity contribution in [3.05, 3.63) is 69.6 Å². The van der Waals surface area contributed by atoms with Crippen molar-refractivity contribution in [1.29, 1.82) is 0 Å². The first-order valence-corrected chi connectivity index (χ1v) is 8.64. The SMILES string of the molecule is COc1ccc2oc(=O)c(C(=O)Oc3ccc(C)cc3C(C)(C)C)cc2c1. The number of fused-ring (bicyclic) bond motifs is 1. The van der Waals surface area contributed by atoms with Crippen molar-refractivity contribution >= 4 is 16.9 Å². The largest absolute Gasteiger partial charge is 0.497 e. The van der Waals surface area contributed by atoms with Gasteiger partial charge in [-0.05, 0) is 42.7 Å². The minimum absolute atomic E-state index is 0.156. The van der Waals surface area contributed by atoms with Gasteiger partial charge in [-0.15, -0.1) is 0 Å². The van der Waals surface area contributed by atoms with Gasteiger partial charge in [-0.2, -0.15) is 0 Å². The van der Waals surface area contributed by atoms with E-state index in [9.17, 15) is 9.59 Å². The van der Waals surface area contributed by atoms with Crippen molar-refractivity contribution in [3.8, 4) is 11.5 Å². The van der Waals surface area contributed by atoms with Gasteiger partial charge >= 0.3 is 11.6 Å². The molecule has 2 aromatic carbocycles. The number of carbonyl (C=O) groups is 1. The summed E-state index contributed by atoms with van der Waals surface area (Å²) < 4.78 is 16.0. The number of hydrogen-bond acceptors (Lipinski definition) is 5. The molecule has 0 aliphatic heterocycles. The highest BCUT2D eigenvalue weighted by molar-refractivity contribution is 5.94. The smallest absolute Gasteiger partial charge is 0.351 e. The molecule has 5 nitrogen and oxygen atoms in total. The van der Waals surface area contributed by atoms with E-state index >= 15 is 0 Å². The molecule has 0 atom stereocenters. The maximum absolute atomic E-state index is 12.7. The monoisotopic (exact) mass is 366 g/mol. The van der Waals surface area contributed by atoms with Crippen LogP contribution in [0.4, 0.5) is 0 Å². The van der Waals surface area contributed by atoms with Gasteiger partial charge in [0, 0.05) is 10.9 Å². The average molecular weight is 366 g/mol. The fourth-order valence-corrected chi connectivity index (χ4v) is 2.84. The lowest BCUT2D eigenvalue weighted by molar-refractivity contribution is 0.0727. The molecule has 140 valence electrons. The maximum Gasteiger partial charge on any atom is 0.351 e. The van der Waals surface area contributed by atoms with Crippen molar-refractivity contribution in [3.63, 3.8) is 0 Å². The Morgan fingerprint density at radius 2 is 1.78 bits per heavy atom. The highest BCUT2D eigenvalue weighted by atomic mass is 16.5. The van der Waals surface area contributed by atoms with E-state index in [0.717, 1.165) is 11.1 Å². The fourth-order valence-electron chi connectivity index (χ4n) is 2.84. The molecule has 0 bridgehead atoms. The Bertz CT molecular complexity index is 1070. The Kier molecular flexibility index (Phi) is 4.79. The Morgan fingerprint density at radius 1 is 1.04 bits per heavy atom. The molecule has 0 N–H and O–H groups in total. The van der Waals surface area contributed by atoms with Crippen LogP contribution in [0.15, 0.2) is 51.7 Å². The van der Waals surface area contributed by atoms with E-state index in [2.05, 4.69) is 0 Å². The number of ether oxygens (including phenoxy) is 2. The molecule has 0 aliphatic carbocycles. The van der Waals surface area contributed by atoms with Gasteiger partial charge in [-0.3, -0.25) is 0 Å². The van der Waals surface area contributed by atoms with Crippen LogP contribution in [-0.4, -0.2) is 13.1 Å². The van der Waals surface area contributed by atoms with Crippen LogP contribution in [-0.2, 0) is 5.41 Å². The second-order valence-corrected chi connectivity index (χ2v) is 7.49. The van der Waals surface area contributed by atoms with E-state index in [-0.39, 0.29) is 11.0 Å². The first kappa shape index (κ1) is 18.7. The summed E-state index contributed by atoms with van der Waals surface area (Å²) in [7, 11) is 1.54. The van der Waals surface area contributed by atoms with E-state index in [1.807, 2.05) is 39.8 Å². The van der Waals surface area contributed by atoms with Gasteiger partial charge in [0.1, 0.15) is 22.6 Å². The Balaban J connectivity index is 2.02. The molecular weight excluding hydrogens is 344 g/mol. The lowest BCUT2D eigenvalue weighted by atomic mass is 9.85. The summed E-state index contributed by atoms with van der Waals surface area (Å²) >= 11 is 0. The molecule has 0 amide bonds. The quantitative estimate of drug-likeness (QED) is 0.384. The number of carbonyl (C=O) groups excluding carboxylic acids is 1. The van der Waals surface area contributed by atoms with E-state index in [0.29, 0.717) is 22.5 Å². The van der Waals surface area contributed by atoms with Crippen LogP contribution < -0.4 is 15.1 Å². The summed E-state index contributed by atoms with van der Waals surface area (Å²) in [4.78, 5) is 24.9. The van der Waals surface area contributed by atoms with Crippen molar-refractivity contribution in [2.24, 2.45) is 0 Å². The van der Waals surface area contributed by atoms with E-state index in [4.69, 9.17) is 13.9 Å². The third-order valence-corrected chi connectivity index (χ3v) is 4.31. The van der Waals surface area contributed by atoms with Crippen molar-refractivity contribution in [2.45, 2.75) is 33.1 Å². The first-order valence-electron chi connectivity index (χ1n) is 8.64. The predicted octanol–water partition coefficient (Wildman–Crippen LogP) is 4.63. The average Bonchev–Trinajstić information content (AvgIpc) is 2.61. The number of aryl methyl sites for hydroxylation is 1. The van der Waals surface area contributed by atoms with E-state index in [1.54, 1.807) is 31.4 Å². The molecule has 0 saturated carbocycles. The van der Waals surface area contributed by atoms with Gasteiger partial charge in [-0.1, -0.05) is 38.5 Å². The van der Waals surface area contributed by atoms with Crippen LogP contribution in [0.2, 0.25) is 0 Å². The minimum Gasteiger partial charge on any atom is -0.497 e. The first-order chi connectivity index (χ1) is 12.7. The second-order valence-electron chi connectivity index (χ2n) is 7.49. The number of esters is 1.